The first-order valence-corrected chi connectivity index (χ1v) is 7.22. The molecule has 2 unspecified atom stereocenters. The maximum atomic E-state index is 12.1. The van der Waals surface area contributed by atoms with Crippen molar-refractivity contribution >= 4 is 23.2 Å². The van der Waals surface area contributed by atoms with E-state index in [9.17, 15) is 14.7 Å². The van der Waals surface area contributed by atoms with Crippen molar-refractivity contribution in [3.8, 4) is 0 Å². The monoisotopic (exact) mass is 282 g/mol. The molecule has 2 heterocycles. The molecule has 1 aliphatic rings. The molecule has 1 aliphatic heterocycles. The molecule has 0 spiro atoms. The molecule has 19 heavy (non-hydrogen) atoms. The van der Waals surface area contributed by atoms with Crippen molar-refractivity contribution in [2.24, 2.45) is 11.8 Å². The second kappa shape index (κ2) is 5.28. The van der Waals surface area contributed by atoms with Crippen molar-refractivity contribution in [1.82, 2.24) is 9.88 Å². The standard InChI is InChI=1S/C13H18N2O3S/c1-7(2)5-15-11(16)4-9(13(17)18)12(15)10-6-19-8(3)14-10/h6-7,9,12H,4-5H2,1-3H3,(H,17,18). The van der Waals surface area contributed by atoms with Crippen LogP contribution in [0.3, 0.4) is 0 Å². The number of hydrogen-bond acceptors (Lipinski definition) is 4. The summed E-state index contributed by atoms with van der Waals surface area (Å²) in [7, 11) is 0. The quantitative estimate of drug-likeness (QED) is 0.918. The van der Waals surface area contributed by atoms with Crippen LogP contribution in [-0.2, 0) is 9.59 Å². The van der Waals surface area contributed by atoms with E-state index in [2.05, 4.69) is 4.98 Å². The van der Waals surface area contributed by atoms with Crippen molar-refractivity contribution in [3.63, 3.8) is 0 Å². The fraction of sp³-hybridized carbons (Fsp3) is 0.615. The van der Waals surface area contributed by atoms with Gasteiger partial charge in [0.25, 0.3) is 0 Å². The molecular weight excluding hydrogens is 264 g/mol. The van der Waals surface area contributed by atoms with Gasteiger partial charge < -0.3 is 10.0 Å². The molecule has 2 atom stereocenters. The van der Waals surface area contributed by atoms with Crippen LogP contribution in [0.1, 0.15) is 37.0 Å². The van der Waals surface area contributed by atoms with Gasteiger partial charge in [-0.1, -0.05) is 13.8 Å². The number of aromatic nitrogens is 1. The third-order valence-corrected chi connectivity index (χ3v) is 4.04. The molecule has 0 aliphatic carbocycles. The Morgan fingerprint density at radius 2 is 2.32 bits per heavy atom. The largest absolute Gasteiger partial charge is 0.481 e. The molecule has 1 amide bonds. The number of carboxylic acid groups (broad SMARTS) is 1. The SMILES string of the molecule is Cc1nc(C2C(C(=O)O)CC(=O)N2CC(C)C)cs1. The molecule has 0 aromatic carbocycles. The number of aliphatic carboxylic acids is 1. The molecule has 2 rings (SSSR count). The summed E-state index contributed by atoms with van der Waals surface area (Å²) >= 11 is 1.49. The Bertz CT molecular complexity index is 498. The molecule has 1 aromatic heterocycles. The molecule has 1 saturated heterocycles. The van der Waals surface area contributed by atoms with Gasteiger partial charge in [-0.3, -0.25) is 9.59 Å². The van der Waals surface area contributed by atoms with Crippen LogP contribution < -0.4 is 0 Å². The van der Waals surface area contributed by atoms with Crippen molar-refractivity contribution in [1.29, 1.82) is 0 Å². The molecule has 6 heteroatoms. The topological polar surface area (TPSA) is 70.5 Å². The summed E-state index contributed by atoms with van der Waals surface area (Å²) in [5.41, 5.74) is 0.710. The summed E-state index contributed by atoms with van der Waals surface area (Å²) in [6.45, 7) is 6.49. The Balaban J connectivity index is 2.35. The van der Waals surface area contributed by atoms with Crippen molar-refractivity contribution in [3.05, 3.63) is 16.1 Å². The van der Waals surface area contributed by atoms with E-state index in [-0.39, 0.29) is 12.3 Å². The summed E-state index contributed by atoms with van der Waals surface area (Å²) in [5, 5.41) is 12.1. The molecule has 0 bridgehead atoms. The number of rotatable bonds is 4. The maximum absolute atomic E-state index is 12.1. The van der Waals surface area contributed by atoms with E-state index in [0.29, 0.717) is 18.2 Å². The van der Waals surface area contributed by atoms with Gasteiger partial charge in [-0.25, -0.2) is 4.98 Å². The second-order valence-corrected chi connectivity index (χ2v) is 6.39. The van der Waals surface area contributed by atoms with Gasteiger partial charge in [0.05, 0.1) is 22.7 Å². The molecule has 1 aromatic rings. The predicted molar refractivity (Wildman–Crippen MR) is 71.9 cm³/mol. The molecule has 0 saturated carbocycles. The zero-order valence-electron chi connectivity index (χ0n) is 11.3. The number of likely N-dealkylation sites (tertiary alicyclic amines) is 1. The van der Waals surface area contributed by atoms with Gasteiger partial charge >= 0.3 is 5.97 Å². The third-order valence-electron chi connectivity index (χ3n) is 3.25. The Hall–Kier alpha value is -1.43. The molecule has 5 nitrogen and oxygen atoms in total. The summed E-state index contributed by atoms with van der Waals surface area (Å²) in [4.78, 5) is 29.5. The normalized spacial score (nSPS) is 23.4. The fourth-order valence-electron chi connectivity index (χ4n) is 2.50. The van der Waals surface area contributed by atoms with Gasteiger partial charge in [0, 0.05) is 18.3 Å². The number of nitrogens with zero attached hydrogens (tertiary/aromatic N) is 2. The van der Waals surface area contributed by atoms with Crippen LogP contribution in [0.5, 0.6) is 0 Å². The van der Waals surface area contributed by atoms with E-state index in [4.69, 9.17) is 0 Å². The second-order valence-electron chi connectivity index (χ2n) is 5.33. The van der Waals surface area contributed by atoms with Gasteiger partial charge in [-0.2, -0.15) is 0 Å². The first kappa shape index (κ1) is 14.0. The number of carboxylic acids is 1. The summed E-state index contributed by atoms with van der Waals surface area (Å²) < 4.78 is 0. The van der Waals surface area contributed by atoms with E-state index < -0.39 is 17.9 Å². The highest BCUT2D eigenvalue weighted by atomic mass is 32.1. The van der Waals surface area contributed by atoms with Crippen LogP contribution in [0, 0.1) is 18.8 Å². The molecule has 1 fully saturated rings. The number of aryl methyl sites for hydroxylation is 1. The third kappa shape index (κ3) is 2.78. The highest BCUT2D eigenvalue weighted by molar-refractivity contribution is 7.09. The van der Waals surface area contributed by atoms with Crippen LogP contribution in [-0.4, -0.2) is 33.4 Å². The van der Waals surface area contributed by atoms with Crippen molar-refractivity contribution in [2.75, 3.05) is 6.54 Å². The van der Waals surface area contributed by atoms with E-state index in [1.807, 2.05) is 26.2 Å². The smallest absolute Gasteiger partial charge is 0.309 e. The van der Waals surface area contributed by atoms with Gasteiger partial charge in [0.15, 0.2) is 0 Å². The molecular formula is C13H18N2O3S. The first-order valence-electron chi connectivity index (χ1n) is 6.34. The van der Waals surface area contributed by atoms with Gasteiger partial charge in [-0.05, 0) is 12.8 Å². The van der Waals surface area contributed by atoms with E-state index in [0.717, 1.165) is 5.01 Å². The van der Waals surface area contributed by atoms with Crippen LogP contribution in [0.2, 0.25) is 0 Å². The van der Waals surface area contributed by atoms with E-state index in [1.165, 1.54) is 11.3 Å². The highest BCUT2D eigenvalue weighted by Crippen LogP contribution is 2.38. The van der Waals surface area contributed by atoms with Crippen molar-refractivity contribution in [2.45, 2.75) is 33.2 Å². The summed E-state index contributed by atoms with van der Waals surface area (Å²) in [6, 6.07) is -0.419. The highest BCUT2D eigenvalue weighted by Gasteiger charge is 2.45. The number of thiazole rings is 1. The van der Waals surface area contributed by atoms with Crippen LogP contribution in [0.25, 0.3) is 0 Å². The van der Waals surface area contributed by atoms with Gasteiger partial charge in [0.1, 0.15) is 0 Å². The number of hydrogen-bond donors (Lipinski definition) is 1. The first-order chi connectivity index (χ1) is 8.90. The summed E-state index contributed by atoms with van der Waals surface area (Å²) in [6.07, 6.45) is 0.0727. The number of amides is 1. The van der Waals surface area contributed by atoms with Gasteiger partial charge in [0.2, 0.25) is 5.91 Å². The predicted octanol–water partition coefficient (Wildman–Crippen LogP) is 2.08. The number of carbonyl (C=O) groups is 2. The Morgan fingerprint density at radius 1 is 1.63 bits per heavy atom. The Morgan fingerprint density at radius 3 is 2.79 bits per heavy atom. The maximum Gasteiger partial charge on any atom is 0.309 e. The average molecular weight is 282 g/mol. The lowest BCUT2D eigenvalue weighted by atomic mass is 9.98. The van der Waals surface area contributed by atoms with E-state index in [1.54, 1.807) is 4.90 Å². The summed E-state index contributed by atoms with van der Waals surface area (Å²) in [5.74, 6) is -1.39. The minimum atomic E-state index is -0.921. The van der Waals surface area contributed by atoms with Crippen molar-refractivity contribution < 1.29 is 14.7 Å². The lowest BCUT2D eigenvalue weighted by Gasteiger charge is -2.27. The molecule has 104 valence electrons. The minimum Gasteiger partial charge on any atom is -0.481 e. The van der Waals surface area contributed by atoms with Crippen LogP contribution >= 0.6 is 11.3 Å². The minimum absolute atomic E-state index is 0.0727. The molecule has 1 N–H and O–H groups in total. The fourth-order valence-corrected chi connectivity index (χ4v) is 3.14. The van der Waals surface area contributed by atoms with Crippen LogP contribution in [0.15, 0.2) is 5.38 Å². The van der Waals surface area contributed by atoms with Crippen LogP contribution in [0.4, 0.5) is 0 Å². The Kier molecular flexibility index (Phi) is 3.89. The molecule has 0 radical (unpaired) electrons. The lowest BCUT2D eigenvalue weighted by molar-refractivity contribution is -0.142. The van der Waals surface area contributed by atoms with Gasteiger partial charge in [-0.15, -0.1) is 11.3 Å². The van der Waals surface area contributed by atoms with E-state index >= 15 is 0 Å². The zero-order valence-corrected chi connectivity index (χ0v) is 12.1. The zero-order chi connectivity index (χ0) is 14.2. The number of carbonyl (C=O) groups excluding carboxylic acids is 1. The average Bonchev–Trinajstić information content (AvgIpc) is 2.84. The Labute approximate surface area is 116 Å². The lowest BCUT2D eigenvalue weighted by Crippen LogP contribution is -2.33.